The Labute approximate surface area is 108 Å². The van der Waals surface area contributed by atoms with Gasteiger partial charge in [-0.15, -0.1) is 22.7 Å². The number of aromatic nitrogens is 2. The summed E-state index contributed by atoms with van der Waals surface area (Å²) in [5.41, 5.74) is 0. The molecular weight excluding hydrogens is 276 g/mol. The first-order valence-corrected chi connectivity index (χ1v) is 8.71. The second-order valence-electron chi connectivity index (χ2n) is 3.50. The smallest absolute Gasteiger partial charge is 0.151 e. The van der Waals surface area contributed by atoms with Crippen molar-refractivity contribution in [3.05, 3.63) is 33.2 Å². The van der Waals surface area contributed by atoms with Crippen LogP contribution in [0.25, 0.3) is 0 Å². The van der Waals surface area contributed by atoms with Crippen molar-refractivity contribution in [1.29, 1.82) is 0 Å². The minimum Gasteiger partial charge on any atom is -0.250 e. The van der Waals surface area contributed by atoms with E-state index in [9.17, 15) is 8.42 Å². The van der Waals surface area contributed by atoms with Crippen molar-refractivity contribution < 1.29 is 8.42 Å². The number of aryl methyl sites for hydroxylation is 2. The lowest BCUT2D eigenvalue weighted by molar-refractivity contribution is 0.594. The van der Waals surface area contributed by atoms with E-state index in [2.05, 4.69) is 9.97 Å². The van der Waals surface area contributed by atoms with Gasteiger partial charge in [0.05, 0.1) is 21.5 Å². The Kier molecular flexibility index (Phi) is 4.25. The minimum atomic E-state index is -3.00. The second kappa shape index (κ2) is 5.70. The van der Waals surface area contributed by atoms with E-state index in [0.29, 0.717) is 12.8 Å². The third-order valence-corrected chi connectivity index (χ3v) is 5.55. The maximum atomic E-state index is 11.8. The zero-order valence-corrected chi connectivity index (χ0v) is 11.5. The van der Waals surface area contributed by atoms with E-state index in [1.165, 1.54) is 22.7 Å². The van der Waals surface area contributed by atoms with Crippen LogP contribution in [0.4, 0.5) is 0 Å². The number of sulfone groups is 1. The fourth-order valence-corrected chi connectivity index (χ4v) is 4.05. The predicted octanol–water partition coefficient (Wildman–Crippen LogP) is 1.80. The first-order valence-electron chi connectivity index (χ1n) is 5.13. The highest BCUT2D eigenvalue weighted by molar-refractivity contribution is 7.91. The van der Waals surface area contributed by atoms with E-state index in [4.69, 9.17) is 0 Å². The van der Waals surface area contributed by atoms with Gasteiger partial charge in [0.25, 0.3) is 0 Å². The molecular formula is C10H12N2O2S3. The molecule has 92 valence electrons. The number of thiazole rings is 2. The number of nitrogens with zero attached hydrogens (tertiary/aromatic N) is 2. The van der Waals surface area contributed by atoms with Gasteiger partial charge >= 0.3 is 0 Å². The number of rotatable bonds is 6. The first-order chi connectivity index (χ1) is 8.16. The maximum Gasteiger partial charge on any atom is 0.151 e. The van der Waals surface area contributed by atoms with Gasteiger partial charge in [0.2, 0.25) is 0 Å². The molecule has 0 saturated heterocycles. The molecule has 0 bridgehead atoms. The lowest BCUT2D eigenvalue weighted by Crippen LogP contribution is -2.14. The third kappa shape index (κ3) is 4.18. The molecule has 0 aliphatic carbocycles. The molecule has 2 aromatic rings. The van der Waals surface area contributed by atoms with Gasteiger partial charge in [0.15, 0.2) is 9.84 Å². The van der Waals surface area contributed by atoms with Gasteiger partial charge in [0, 0.05) is 36.0 Å². The molecule has 4 nitrogen and oxygen atoms in total. The Hall–Kier alpha value is -0.790. The molecule has 7 heteroatoms. The Bertz CT molecular complexity index is 488. The molecule has 0 fully saturated rings. The Morgan fingerprint density at radius 2 is 1.41 bits per heavy atom. The lowest BCUT2D eigenvalue weighted by Gasteiger charge is -2.01. The van der Waals surface area contributed by atoms with Crippen molar-refractivity contribution >= 4 is 32.5 Å². The molecule has 2 heterocycles. The van der Waals surface area contributed by atoms with Crippen LogP contribution in [-0.4, -0.2) is 29.9 Å². The second-order valence-corrected chi connectivity index (χ2v) is 7.77. The molecule has 0 saturated carbocycles. The maximum absolute atomic E-state index is 11.8. The fraction of sp³-hybridized carbons (Fsp3) is 0.400. The highest BCUT2D eigenvalue weighted by Crippen LogP contribution is 2.09. The standard InChI is InChI=1S/C10H12N2O2S3/c13-17(14,7-1-9-11-3-5-15-9)8-2-10-12-4-6-16-10/h3-6H,1-2,7-8H2. The van der Waals surface area contributed by atoms with Crippen LogP contribution in [0.1, 0.15) is 10.0 Å². The van der Waals surface area contributed by atoms with Gasteiger partial charge < -0.3 is 0 Å². The zero-order chi connectivity index (χ0) is 12.1. The Morgan fingerprint density at radius 1 is 0.941 bits per heavy atom. The normalized spacial score (nSPS) is 11.8. The molecule has 0 amide bonds. The molecule has 2 aromatic heterocycles. The summed E-state index contributed by atoms with van der Waals surface area (Å²) in [6.07, 6.45) is 4.42. The van der Waals surface area contributed by atoms with Crippen molar-refractivity contribution in [1.82, 2.24) is 9.97 Å². The molecule has 2 rings (SSSR count). The molecule has 0 aliphatic rings. The van der Waals surface area contributed by atoms with Crippen LogP contribution in [-0.2, 0) is 22.7 Å². The van der Waals surface area contributed by atoms with E-state index in [0.717, 1.165) is 10.0 Å². The van der Waals surface area contributed by atoms with Crippen LogP contribution in [0.3, 0.4) is 0 Å². The van der Waals surface area contributed by atoms with Gasteiger partial charge in [-0.1, -0.05) is 0 Å². The third-order valence-electron chi connectivity index (χ3n) is 2.22. The summed E-state index contributed by atoms with van der Waals surface area (Å²) >= 11 is 2.99. The van der Waals surface area contributed by atoms with Crippen molar-refractivity contribution in [3.8, 4) is 0 Å². The van der Waals surface area contributed by atoms with Gasteiger partial charge in [-0.3, -0.25) is 0 Å². The average Bonchev–Trinajstić information content (AvgIpc) is 2.97. The molecule has 0 radical (unpaired) electrons. The summed E-state index contributed by atoms with van der Waals surface area (Å²) in [6.45, 7) is 0. The van der Waals surface area contributed by atoms with E-state index < -0.39 is 9.84 Å². The van der Waals surface area contributed by atoms with E-state index in [-0.39, 0.29) is 11.5 Å². The number of hydrogen-bond donors (Lipinski definition) is 0. The molecule has 0 unspecified atom stereocenters. The Balaban J connectivity index is 1.82. The molecule has 0 aromatic carbocycles. The Morgan fingerprint density at radius 3 is 1.76 bits per heavy atom. The van der Waals surface area contributed by atoms with Crippen LogP contribution in [0.5, 0.6) is 0 Å². The predicted molar refractivity (Wildman–Crippen MR) is 70.3 cm³/mol. The van der Waals surface area contributed by atoms with E-state index in [1.54, 1.807) is 12.4 Å². The van der Waals surface area contributed by atoms with Crippen LogP contribution in [0.15, 0.2) is 23.2 Å². The topological polar surface area (TPSA) is 59.9 Å². The van der Waals surface area contributed by atoms with Gasteiger partial charge in [0.1, 0.15) is 0 Å². The SMILES string of the molecule is O=S(=O)(CCc1nccs1)CCc1nccs1. The molecule has 0 N–H and O–H groups in total. The van der Waals surface area contributed by atoms with Crippen LogP contribution in [0.2, 0.25) is 0 Å². The summed E-state index contributed by atoms with van der Waals surface area (Å²) < 4.78 is 23.5. The first kappa shape index (κ1) is 12.7. The zero-order valence-electron chi connectivity index (χ0n) is 9.07. The minimum absolute atomic E-state index is 0.173. The summed E-state index contributed by atoms with van der Waals surface area (Å²) in [6, 6.07) is 0. The highest BCUT2D eigenvalue weighted by Gasteiger charge is 2.12. The van der Waals surface area contributed by atoms with Crippen LogP contribution in [0, 0.1) is 0 Å². The fourth-order valence-electron chi connectivity index (χ4n) is 1.34. The molecule has 0 spiro atoms. The van der Waals surface area contributed by atoms with Gasteiger partial charge in [-0.2, -0.15) is 0 Å². The monoisotopic (exact) mass is 288 g/mol. The lowest BCUT2D eigenvalue weighted by atomic mass is 10.5. The highest BCUT2D eigenvalue weighted by atomic mass is 32.2. The molecule has 0 aliphatic heterocycles. The number of hydrogen-bond acceptors (Lipinski definition) is 6. The largest absolute Gasteiger partial charge is 0.250 e. The molecule has 17 heavy (non-hydrogen) atoms. The van der Waals surface area contributed by atoms with E-state index in [1.807, 2.05) is 10.8 Å². The summed E-state index contributed by atoms with van der Waals surface area (Å²) in [7, 11) is -3.00. The van der Waals surface area contributed by atoms with Crippen molar-refractivity contribution in [2.45, 2.75) is 12.8 Å². The van der Waals surface area contributed by atoms with Crippen LogP contribution < -0.4 is 0 Å². The average molecular weight is 288 g/mol. The van der Waals surface area contributed by atoms with E-state index >= 15 is 0 Å². The summed E-state index contributed by atoms with van der Waals surface area (Å²) in [4.78, 5) is 8.15. The van der Waals surface area contributed by atoms with Crippen molar-refractivity contribution in [2.75, 3.05) is 11.5 Å². The van der Waals surface area contributed by atoms with Gasteiger partial charge in [-0.05, 0) is 0 Å². The quantitative estimate of drug-likeness (QED) is 0.813. The van der Waals surface area contributed by atoms with Crippen LogP contribution >= 0.6 is 22.7 Å². The molecule has 0 atom stereocenters. The van der Waals surface area contributed by atoms with Gasteiger partial charge in [-0.25, -0.2) is 18.4 Å². The van der Waals surface area contributed by atoms with Crippen molar-refractivity contribution in [2.24, 2.45) is 0 Å². The van der Waals surface area contributed by atoms with Crippen molar-refractivity contribution in [3.63, 3.8) is 0 Å². The summed E-state index contributed by atoms with van der Waals surface area (Å²) in [5, 5.41) is 5.47. The summed E-state index contributed by atoms with van der Waals surface area (Å²) in [5.74, 6) is 0.345.